The van der Waals surface area contributed by atoms with Crippen molar-refractivity contribution < 1.29 is 33.4 Å². The third kappa shape index (κ3) is 2.53. The molecule has 136 valence electrons. The first-order valence-corrected chi connectivity index (χ1v) is 7.62. The maximum absolute atomic E-state index is 12.5. The van der Waals surface area contributed by atoms with Crippen LogP contribution in [0.3, 0.4) is 0 Å². The lowest BCUT2D eigenvalue weighted by molar-refractivity contribution is -0.140. The van der Waals surface area contributed by atoms with Gasteiger partial charge in [-0.05, 0) is 12.1 Å². The SMILES string of the molecule is COC(=O)C1=C(C(=O)OC)N(c2cccc3c2C(=O)N(C)C3=O)COC1. The number of carbonyl (C=O) groups excluding carboxylic acids is 4. The van der Waals surface area contributed by atoms with E-state index in [9.17, 15) is 19.2 Å². The molecule has 2 amide bonds. The Morgan fingerprint density at radius 1 is 1.08 bits per heavy atom. The zero-order valence-corrected chi connectivity index (χ0v) is 14.4. The predicted molar refractivity (Wildman–Crippen MR) is 87.2 cm³/mol. The maximum Gasteiger partial charge on any atom is 0.355 e. The number of ether oxygens (including phenoxy) is 3. The van der Waals surface area contributed by atoms with Crippen LogP contribution in [-0.4, -0.2) is 63.3 Å². The van der Waals surface area contributed by atoms with Crippen molar-refractivity contribution in [1.82, 2.24) is 4.90 Å². The van der Waals surface area contributed by atoms with E-state index < -0.39 is 23.8 Å². The molecule has 1 aromatic rings. The minimum atomic E-state index is -0.781. The molecular weight excluding hydrogens is 344 g/mol. The number of amides is 2. The van der Waals surface area contributed by atoms with E-state index in [2.05, 4.69) is 0 Å². The number of imide groups is 1. The minimum Gasteiger partial charge on any atom is -0.466 e. The smallest absolute Gasteiger partial charge is 0.355 e. The summed E-state index contributed by atoms with van der Waals surface area (Å²) in [7, 11) is 3.73. The first-order valence-electron chi connectivity index (χ1n) is 7.62. The lowest BCUT2D eigenvalue weighted by Crippen LogP contribution is -2.39. The molecule has 26 heavy (non-hydrogen) atoms. The van der Waals surface area contributed by atoms with Crippen molar-refractivity contribution in [2.75, 3.05) is 39.5 Å². The van der Waals surface area contributed by atoms with E-state index in [-0.39, 0.29) is 41.4 Å². The van der Waals surface area contributed by atoms with Gasteiger partial charge in [0.1, 0.15) is 12.4 Å². The number of hydrogen-bond acceptors (Lipinski definition) is 8. The number of hydrogen-bond donors (Lipinski definition) is 0. The highest BCUT2D eigenvalue weighted by molar-refractivity contribution is 6.24. The summed E-state index contributed by atoms with van der Waals surface area (Å²) in [5.74, 6) is -2.48. The standard InChI is InChI=1S/C17H16N2O7/c1-18-14(20)9-5-4-6-11(12(9)15(18)21)19-8-26-7-10(16(22)24-2)13(19)17(23)25-3/h4-6H,7-8H2,1-3H3. The molecule has 9 heteroatoms. The average molecular weight is 360 g/mol. The van der Waals surface area contributed by atoms with Crippen LogP contribution in [0.4, 0.5) is 5.69 Å². The van der Waals surface area contributed by atoms with Gasteiger partial charge >= 0.3 is 11.9 Å². The number of nitrogens with zero attached hydrogens (tertiary/aromatic N) is 2. The highest BCUT2D eigenvalue weighted by atomic mass is 16.5. The number of fused-ring (bicyclic) bond motifs is 1. The van der Waals surface area contributed by atoms with E-state index in [1.807, 2.05) is 0 Å². The summed E-state index contributed by atoms with van der Waals surface area (Å²) in [5.41, 5.74) is 0.495. The van der Waals surface area contributed by atoms with Gasteiger partial charge < -0.3 is 19.1 Å². The molecule has 0 saturated carbocycles. The fraction of sp³-hybridized carbons (Fsp3) is 0.294. The Morgan fingerprint density at radius 3 is 2.42 bits per heavy atom. The van der Waals surface area contributed by atoms with Crippen molar-refractivity contribution in [1.29, 1.82) is 0 Å². The van der Waals surface area contributed by atoms with Gasteiger partial charge in [0.05, 0.1) is 43.2 Å². The minimum absolute atomic E-state index is 0.0340. The number of rotatable bonds is 3. The topological polar surface area (TPSA) is 102 Å². The summed E-state index contributed by atoms with van der Waals surface area (Å²) in [5, 5.41) is 0. The van der Waals surface area contributed by atoms with Crippen molar-refractivity contribution in [2.45, 2.75) is 0 Å². The van der Waals surface area contributed by atoms with Gasteiger partial charge in [-0.2, -0.15) is 0 Å². The van der Waals surface area contributed by atoms with Crippen LogP contribution in [-0.2, 0) is 23.8 Å². The quantitative estimate of drug-likeness (QED) is 0.560. The maximum atomic E-state index is 12.5. The molecule has 2 aliphatic heterocycles. The Balaban J connectivity index is 2.21. The summed E-state index contributed by atoms with van der Waals surface area (Å²) < 4.78 is 14.9. The molecule has 0 spiro atoms. The predicted octanol–water partition coefficient (Wildman–Crippen LogP) is 0.307. The fourth-order valence-electron chi connectivity index (χ4n) is 2.94. The first-order chi connectivity index (χ1) is 12.4. The molecule has 3 rings (SSSR count). The van der Waals surface area contributed by atoms with Crippen LogP contribution < -0.4 is 4.90 Å². The molecule has 0 bridgehead atoms. The molecule has 0 fully saturated rings. The van der Waals surface area contributed by atoms with Crippen LogP contribution in [0.5, 0.6) is 0 Å². The second-order valence-corrected chi connectivity index (χ2v) is 5.58. The summed E-state index contributed by atoms with van der Waals surface area (Å²) in [6, 6.07) is 4.67. The Hall–Kier alpha value is -3.20. The summed E-state index contributed by atoms with van der Waals surface area (Å²) >= 11 is 0. The van der Waals surface area contributed by atoms with Crippen LogP contribution in [0.15, 0.2) is 29.5 Å². The number of methoxy groups -OCH3 is 2. The van der Waals surface area contributed by atoms with Gasteiger partial charge in [-0.3, -0.25) is 14.5 Å². The summed E-state index contributed by atoms with van der Waals surface area (Å²) in [4.78, 5) is 51.4. The van der Waals surface area contributed by atoms with Crippen LogP contribution >= 0.6 is 0 Å². The lowest BCUT2D eigenvalue weighted by atomic mass is 10.0. The first kappa shape index (κ1) is 17.6. The third-order valence-electron chi connectivity index (χ3n) is 4.22. The Kier molecular flexibility index (Phi) is 4.47. The van der Waals surface area contributed by atoms with Crippen molar-refractivity contribution in [3.05, 3.63) is 40.6 Å². The van der Waals surface area contributed by atoms with Gasteiger partial charge in [0.2, 0.25) is 0 Å². The Labute approximate surface area is 148 Å². The third-order valence-corrected chi connectivity index (χ3v) is 4.22. The van der Waals surface area contributed by atoms with Crippen LogP contribution in [0.1, 0.15) is 20.7 Å². The van der Waals surface area contributed by atoms with E-state index in [1.165, 1.54) is 32.2 Å². The summed E-state index contributed by atoms with van der Waals surface area (Å²) in [6.45, 7) is -0.248. The Morgan fingerprint density at radius 2 is 1.77 bits per heavy atom. The highest BCUT2D eigenvalue weighted by Gasteiger charge is 2.39. The number of esters is 2. The largest absolute Gasteiger partial charge is 0.466 e. The van der Waals surface area contributed by atoms with Crippen molar-refractivity contribution >= 4 is 29.4 Å². The molecule has 0 N–H and O–H groups in total. The molecule has 2 aliphatic rings. The second-order valence-electron chi connectivity index (χ2n) is 5.58. The monoisotopic (exact) mass is 360 g/mol. The second kappa shape index (κ2) is 6.60. The van der Waals surface area contributed by atoms with Crippen molar-refractivity contribution in [3.8, 4) is 0 Å². The molecule has 9 nitrogen and oxygen atoms in total. The number of anilines is 1. The number of carbonyl (C=O) groups is 4. The van der Waals surface area contributed by atoms with E-state index in [0.717, 1.165) is 4.90 Å². The van der Waals surface area contributed by atoms with Crippen LogP contribution in [0.25, 0.3) is 0 Å². The normalized spacial score (nSPS) is 16.7. The zero-order chi connectivity index (χ0) is 19.0. The van der Waals surface area contributed by atoms with E-state index in [4.69, 9.17) is 14.2 Å². The van der Waals surface area contributed by atoms with Crippen LogP contribution in [0.2, 0.25) is 0 Å². The molecule has 0 radical (unpaired) electrons. The van der Waals surface area contributed by atoms with E-state index in [0.29, 0.717) is 0 Å². The van der Waals surface area contributed by atoms with Gasteiger partial charge in [0, 0.05) is 7.05 Å². The fourth-order valence-corrected chi connectivity index (χ4v) is 2.94. The number of benzene rings is 1. The van der Waals surface area contributed by atoms with Crippen molar-refractivity contribution in [3.63, 3.8) is 0 Å². The molecule has 0 saturated heterocycles. The van der Waals surface area contributed by atoms with E-state index >= 15 is 0 Å². The summed E-state index contributed by atoms with van der Waals surface area (Å²) in [6.07, 6.45) is 0. The lowest BCUT2D eigenvalue weighted by Gasteiger charge is -2.32. The van der Waals surface area contributed by atoms with Gasteiger partial charge in [-0.1, -0.05) is 6.07 Å². The molecule has 0 unspecified atom stereocenters. The van der Waals surface area contributed by atoms with Crippen LogP contribution in [0, 0.1) is 0 Å². The molecule has 0 atom stereocenters. The highest BCUT2D eigenvalue weighted by Crippen LogP contribution is 2.35. The molecule has 1 aromatic carbocycles. The zero-order valence-electron chi connectivity index (χ0n) is 14.4. The van der Waals surface area contributed by atoms with Gasteiger partial charge in [0.25, 0.3) is 11.8 Å². The molecular formula is C17H16N2O7. The average Bonchev–Trinajstić information content (AvgIpc) is 2.90. The molecule has 0 aromatic heterocycles. The molecule has 0 aliphatic carbocycles. The van der Waals surface area contributed by atoms with Gasteiger partial charge in [-0.25, -0.2) is 9.59 Å². The van der Waals surface area contributed by atoms with E-state index in [1.54, 1.807) is 12.1 Å². The van der Waals surface area contributed by atoms with Gasteiger partial charge in [0.15, 0.2) is 0 Å². The van der Waals surface area contributed by atoms with Crippen molar-refractivity contribution in [2.24, 2.45) is 0 Å². The van der Waals surface area contributed by atoms with Gasteiger partial charge in [-0.15, -0.1) is 0 Å². The molecule has 2 heterocycles. The Bertz CT molecular complexity index is 859.